The summed E-state index contributed by atoms with van der Waals surface area (Å²) < 4.78 is 76.7. The summed E-state index contributed by atoms with van der Waals surface area (Å²) in [5.41, 5.74) is 1.30. The third kappa shape index (κ3) is 3.60. The molecule has 1 aromatic heterocycles. The fourth-order valence-electron chi connectivity index (χ4n) is 1.66. The lowest BCUT2D eigenvalue weighted by atomic mass is 9.94. The first-order valence-corrected chi connectivity index (χ1v) is 5.23. The summed E-state index contributed by atoms with van der Waals surface area (Å²) >= 11 is 0. The van der Waals surface area contributed by atoms with Crippen molar-refractivity contribution in [2.75, 3.05) is 0 Å². The van der Waals surface area contributed by atoms with E-state index in [2.05, 4.69) is 5.10 Å². The lowest BCUT2D eigenvalue weighted by Gasteiger charge is -2.29. The highest BCUT2D eigenvalue weighted by Gasteiger charge is 2.60. The van der Waals surface area contributed by atoms with Crippen LogP contribution in [-0.2, 0) is 6.54 Å². The predicted octanol–water partition coefficient (Wildman–Crippen LogP) is 2.15. The molecule has 110 valence electrons. The molecule has 0 saturated carbocycles. The number of alkyl halides is 6. The molecule has 0 aliphatic carbocycles. The monoisotopic (exact) mass is 290 g/mol. The van der Waals surface area contributed by atoms with Gasteiger partial charge in [0.15, 0.2) is 5.92 Å². The lowest BCUT2D eigenvalue weighted by Crippen LogP contribution is -2.47. The second-order valence-corrected chi connectivity index (χ2v) is 3.83. The van der Waals surface area contributed by atoms with Gasteiger partial charge in [0.25, 0.3) is 0 Å². The summed E-state index contributed by atoms with van der Waals surface area (Å²) in [7, 11) is 0. The first-order valence-electron chi connectivity index (χ1n) is 5.23. The minimum absolute atomic E-state index is 0.274. The number of nitrogens with one attached hydrogen (secondary N) is 1. The van der Waals surface area contributed by atoms with Gasteiger partial charge in [-0.3, -0.25) is 16.0 Å². The zero-order chi connectivity index (χ0) is 14.8. The van der Waals surface area contributed by atoms with Crippen molar-refractivity contribution in [3.05, 3.63) is 18.0 Å². The van der Waals surface area contributed by atoms with Crippen LogP contribution in [-0.4, -0.2) is 22.1 Å². The van der Waals surface area contributed by atoms with E-state index in [-0.39, 0.29) is 5.56 Å². The third-order valence-electron chi connectivity index (χ3n) is 2.55. The molecule has 1 aromatic rings. The highest BCUT2D eigenvalue weighted by atomic mass is 19.4. The fourth-order valence-corrected chi connectivity index (χ4v) is 1.66. The molecular weight excluding hydrogens is 278 g/mol. The van der Waals surface area contributed by atoms with Crippen molar-refractivity contribution in [3.8, 4) is 0 Å². The van der Waals surface area contributed by atoms with Crippen molar-refractivity contribution >= 4 is 0 Å². The number of nitrogens with zero attached hydrogens (tertiary/aromatic N) is 2. The molecule has 0 spiro atoms. The van der Waals surface area contributed by atoms with Crippen LogP contribution in [0.15, 0.2) is 12.4 Å². The Morgan fingerprint density at radius 2 is 1.79 bits per heavy atom. The SMILES string of the molecule is CCn1cc(C(NN)C(C(F)(F)F)C(F)(F)F)cn1. The molecule has 3 N–H and O–H groups in total. The Hall–Kier alpha value is -1.29. The normalized spacial score (nSPS) is 15.0. The van der Waals surface area contributed by atoms with Crippen LogP contribution < -0.4 is 11.3 Å². The third-order valence-corrected chi connectivity index (χ3v) is 2.55. The molecule has 0 fully saturated rings. The molecule has 19 heavy (non-hydrogen) atoms. The number of hydrogen-bond donors (Lipinski definition) is 2. The number of aryl methyl sites for hydroxylation is 1. The fraction of sp³-hybridized carbons (Fsp3) is 0.667. The zero-order valence-corrected chi connectivity index (χ0v) is 9.76. The number of hydrogen-bond acceptors (Lipinski definition) is 3. The number of halogens is 6. The average molecular weight is 290 g/mol. The van der Waals surface area contributed by atoms with Crippen molar-refractivity contribution in [1.29, 1.82) is 0 Å². The Bertz CT molecular complexity index is 396. The van der Waals surface area contributed by atoms with E-state index >= 15 is 0 Å². The van der Waals surface area contributed by atoms with Gasteiger partial charge in [0.1, 0.15) is 0 Å². The van der Waals surface area contributed by atoms with Crippen LogP contribution in [0.25, 0.3) is 0 Å². The van der Waals surface area contributed by atoms with Crippen molar-refractivity contribution < 1.29 is 26.3 Å². The van der Waals surface area contributed by atoms with Gasteiger partial charge in [0.05, 0.1) is 12.2 Å². The topological polar surface area (TPSA) is 55.9 Å². The minimum Gasteiger partial charge on any atom is -0.273 e. The van der Waals surface area contributed by atoms with Gasteiger partial charge in [-0.1, -0.05) is 0 Å². The molecular formula is C9H12F6N4. The van der Waals surface area contributed by atoms with Crippen LogP contribution in [0.4, 0.5) is 26.3 Å². The Labute approximate surface area is 104 Å². The largest absolute Gasteiger partial charge is 0.402 e. The van der Waals surface area contributed by atoms with Crippen LogP contribution >= 0.6 is 0 Å². The first-order chi connectivity index (χ1) is 8.61. The molecule has 0 radical (unpaired) electrons. The second-order valence-electron chi connectivity index (χ2n) is 3.83. The number of aromatic nitrogens is 2. The summed E-state index contributed by atoms with van der Waals surface area (Å²) in [6, 6.07) is -2.14. The van der Waals surface area contributed by atoms with Crippen molar-refractivity contribution in [3.63, 3.8) is 0 Å². The Morgan fingerprint density at radius 3 is 2.11 bits per heavy atom. The van der Waals surface area contributed by atoms with Gasteiger partial charge >= 0.3 is 12.4 Å². The molecule has 4 nitrogen and oxygen atoms in total. The maximum Gasteiger partial charge on any atom is 0.402 e. The quantitative estimate of drug-likeness (QED) is 0.507. The Morgan fingerprint density at radius 1 is 1.26 bits per heavy atom. The average Bonchev–Trinajstić information content (AvgIpc) is 2.70. The van der Waals surface area contributed by atoms with Crippen LogP contribution in [0.5, 0.6) is 0 Å². The summed E-state index contributed by atoms with van der Waals surface area (Å²) in [6.07, 6.45) is -8.92. The summed E-state index contributed by atoms with van der Waals surface area (Å²) in [6.45, 7) is 1.96. The maximum atomic E-state index is 12.6. The van der Waals surface area contributed by atoms with E-state index in [4.69, 9.17) is 5.84 Å². The molecule has 0 saturated heterocycles. The van der Waals surface area contributed by atoms with Crippen LogP contribution in [0.2, 0.25) is 0 Å². The number of rotatable bonds is 4. The van der Waals surface area contributed by atoms with Crippen molar-refractivity contribution in [2.24, 2.45) is 11.8 Å². The summed E-state index contributed by atoms with van der Waals surface area (Å²) in [5, 5.41) is 3.64. The van der Waals surface area contributed by atoms with Gasteiger partial charge in [-0.15, -0.1) is 0 Å². The molecule has 0 bridgehead atoms. The van der Waals surface area contributed by atoms with E-state index in [0.717, 1.165) is 12.4 Å². The van der Waals surface area contributed by atoms with Gasteiger partial charge in [-0.2, -0.15) is 31.4 Å². The first kappa shape index (κ1) is 15.8. The van der Waals surface area contributed by atoms with Crippen LogP contribution in [0, 0.1) is 5.92 Å². The standard InChI is InChI=1S/C9H12F6N4/c1-2-19-4-5(3-17-19)6(18-16)7(8(10,11)12)9(13,14)15/h3-4,6-7,18H,2,16H2,1H3. The number of hydrazine groups is 1. The molecule has 1 unspecified atom stereocenters. The van der Waals surface area contributed by atoms with E-state index in [9.17, 15) is 26.3 Å². The van der Waals surface area contributed by atoms with E-state index in [1.807, 2.05) is 0 Å². The number of nitrogens with two attached hydrogens (primary N) is 1. The maximum absolute atomic E-state index is 12.6. The molecule has 0 aromatic carbocycles. The molecule has 10 heteroatoms. The Balaban J connectivity index is 3.17. The van der Waals surface area contributed by atoms with E-state index in [1.54, 1.807) is 12.3 Å². The lowest BCUT2D eigenvalue weighted by molar-refractivity contribution is -0.292. The highest BCUT2D eigenvalue weighted by molar-refractivity contribution is 5.13. The van der Waals surface area contributed by atoms with Gasteiger partial charge in [-0.25, -0.2) is 0 Å². The smallest absolute Gasteiger partial charge is 0.273 e. The predicted molar refractivity (Wildman–Crippen MR) is 53.6 cm³/mol. The van der Waals surface area contributed by atoms with Crippen LogP contribution in [0.3, 0.4) is 0 Å². The van der Waals surface area contributed by atoms with Crippen molar-refractivity contribution in [2.45, 2.75) is 31.9 Å². The van der Waals surface area contributed by atoms with E-state index in [0.29, 0.717) is 6.54 Å². The second kappa shape index (κ2) is 5.37. The molecule has 0 aliphatic rings. The molecule has 1 rings (SSSR count). The van der Waals surface area contributed by atoms with Crippen molar-refractivity contribution in [1.82, 2.24) is 15.2 Å². The molecule has 1 atom stereocenters. The van der Waals surface area contributed by atoms with Gasteiger partial charge in [0.2, 0.25) is 0 Å². The zero-order valence-electron chi connectivity index (χ0n) is 9.76. The molecule has 1 heterocycles. The van der Waals surface area contributed by atoms with Gasteiger partial charge in [0, 0.05) is 18.3 Å². The summed E-state index contributed by atoms with van der Waals surface area (Å²) in [4.78, 5) is 0. The van der Waals surface area contributed by atoms with E-state index in [1.165, 1.54) is 4.68 Å². The summed E-state index contributed by atoms with van der Waals surface area (Å²) in [5.74, 6) is 1.27. The van der Waals surface area contributed by atoms with Gasteiger partial charge < -0.3 is 0 Å². The van der Waals surface area contributed by atoms with E-state index < -0.39 is 24.3 Å². The van der Waals surface area contributed by atoms with Gasteiger partial charge in [-0.05, 0) is 6.92 Å². The molecule has 0 aliphatic heterocycles. The Kier molecular flexibility index (Phi) is 4.46. The van der Waals surface area contributed by atoms with Crippen LogP contribution in [0.1, 0.15) is 18.5 Å². The molecule has 0 amide bonds. The highest BCUT2D eigenvalue weighted by Crippen LogP contribution is 2.46. The minimum atomic E-state index is -5.47.